The molecule has 0 spiro atoms. The lowest BCUT2D eigenvalue weighted by atomic mass is 9.98. The van der Waals surface area contributed by atoms with E-state index in [2.05, 4.69) is 0 Å². The molecule has 0 aliphatic carbocycles. The molecule has 2 aromatic carbocycles. The van der Waals surface area contributed by atoms with Crippen molar-refractivity contribution in [1.29, 1.82) is 0 Å². The number of rotatable bonds is 5. The molecule has 4 rings (SSSR count). The molecule has 1 amide bonds. The average Bonchev–Trinajstić information content (AvgIpc) is 3.07. The van der Waals surface area contributed by atoms with Gasteiger partial charge >= 0.3 is 7.60 Å². The Morgan fingerprint density at radius 1 is 0.923 bits per heavy atom. The Balaban J connectivity index is 2.10. The van der Waals surface area contributed by atoms with Gasteiger partial charge in [0.2, 0.25) is 11.1 Å². The summed E-state index contributed by atoms with van der Waals surface area (Å²) in [5.74, 6) is -0.810. The number of para-hydroxylation sites is 1. The predicted octanol–water partition coefficient (Wildman–Crippen LogP) is 3.96. The Bertz CT molecular complexity index is 962. The van der Waals surface area contributed by atoms with Crippen molar-refractivity contribution >= 4 is 25.0 Å². The maximum atomic E-state index is 13.9. The van der Waals surface area contributed by atoms with Crippen LogP contribution in [0.15, 0.2) is 48.5 Å². The van der Waals surface area contributed by atoms with Crippen molar-refractivity contribution in [3.8, 4) is 0 Å². The minimum atomic E-state index is -4.04. The number of fused-ring (bicyclic) bond motifs is 5. The normalized spacial score (nSPS) is 20.9. The van der Waals surface area contributed by atoms with Crippen LogP contribution in [0.25, 0.3) is 0 Å². The van der Waals surface area contributed by atoms with E-state index >= 15 is 0 Å². The van der Waals surface area contributed by atoms with Crippen molar-refractivity contribution in [3.63, 3.8) is 0 Å². The molecular weight excluding hydrogens is 353 g/mol. The Kier molecular flexibility index (Phi) is 3.88. The first-order valence-electron chi connectivity index (χ1n) is 8.50. The number of amides is 1. The maximum Gasteiger partial charge on any atom is 0.369 e. The summed E-state index contributed by atoms with van der Waals surface area (Å²) in [6.07, 6.45) is 0. The van der Waals surface area contributed by atoms with Gasteiger partial charge in [0.05, 0.1) is 18.9 Å². The van der Waals surface area contributed by atoms with E-state index in [9.17, 15) is 14.2 Å². The van der Waals surface area contributed by atoms with Crippen LogP contribution in [0.5, 0.6) is 0 Å². The monoisotopic (exact) mass is 371 g/mol. The number of anilines is 1. The van der Waals surface area contributed by atoms with E-state index in [-0.39, 0.29) is 19.1 Å². The largest absolute Gasteiger partial charge is 0.369 e. The number of nitrogens with zero attached hydrogens (tertiary/aromatic N) is 1. The predicted molar refractivity (Wildman–Crippen MR) is 96.6 cm³/mol. The van der Waals surface area contributed by atoms with Gasteiger partial charge in [0.15, 0.2) is 0 Å². The second-order valence-electron chi connectivity index (χ2n) is 6.04. The Labute approximate surface area is 151 Å². The molecule has 2 aromatic rings. The standard InChI is InChI=1S/C19H18NO5P/c1-3-24-26(23,25-4-2)19-15-11-7-5-9-13(15)18(22)20(19)16-12-8-6-10-14(16)17(19)21/h5-12H,3-4H2,1-2H3. The number of hydrogen-bond acceptors (Lipinski definition) is 5. The summed E-state index contributed by atoms with van der Waals surface area (Å²) in [5, 5.41) is -1.81. The lowest BCUT2D eigenvalue weighted by Gasteiger charge is -2.36. The number of carbonyl (C=O) groups excluding carboxylic acids is 2. The summed E-state index contributed by atoms with van der Waals surface area (Å²) >= 11 is 0. The minimum absolute atomic E-state index is 0.0901. The van der Waals surface area contributed by atoms with E-state index in [1.807, 2.05) is 0 Å². The molecule has 0 aromatic heterocycles. The Morgan fingerprint density at radius 3 is 2.15 bits per heavy atom. The van der Waals surface area contributed by atoms with E-state index in [1.165, 1.54) is 4.90 Å². The van der Waals surface area contributed by atoms with E-state index in [1.54, 1.807) is 62.4 Å². The number of carbonyl (C=O) groups is 2. The number of ketones is 1. The van der Waals surface area contributed by atoms with Crippen LogP contribution in [0.2, 0.25) is 0 Å². The summed E-state index contributed by atoms with van der Waals surface area (Å²) in [6.45, 7) is 3.55. The fourth-order valence-corrected chi connectivity index (χ4v) is 6.31. The Hall–Kier alpha value is -2.27. The van der Waals surface area contributed by atoms with Crippen molar-refractivity contribution in [1.82, 2.24) is 0 Å². The molecule has 0 saturated heterocycles. The zero-order valence-corrected chi connectivity index (χ0v) is 15.4. The summed E-state index contributed by atoms with van der Waals surface area (Å²) < 4.78 is 25.1. The van der Waals surface area contributed by atoms with Gasteiger partial charge in [0, 0.05) is 16.7 Å². The van der Waals surface area contributed by atoms with E-state index < -0.39 is 18.7 Å². The summed E-state index contributed by atoms with van der Waals surface area (Å²) in [5.41, 5.74) is 1.49. The quantitative estimate of drug-likeness (QED) is 0.744. The summed E-state index contributed by atoms with van der Waals surface area (Å²) in [4.78, 5) is 28.1. The fourth-order valence-electron chi connectivity index (χ4n) is 3.88. The third-order valence-corrected chi connectivity index (χ3v) is 7.39. The average molecular weight is 371 g/mol. The molecule has 2 aliphatic heterocycles. The van der Waals surface area contributed by atoms with Crippen LogP contribution in [-0.4, -0.2) is 24.9 Å². The highest BCUT2D eigenvalue weighted by molar-refractivity contribution is 7.56. The summed E-state index contributed by atoms with van der Waals surface area (Å²) in [6, 6.07) is 13.5. The van der Waals surface area contributed by atoms with Gasteiger partial charge in [0.25, 0.3) is 5.91 Å². The molecule has 0 saturated carbocycles. The minimum Gasteiger partial charge on any atom is -0.307 e. The molecule has 6 nitrogen and oxygen atoms in total. The molecule has 0 bridgehead atoms. The smallest absolute Gasteiger partial charge is 0.307 e. The molecule has 7 heteroatoms. The van der Waals surface area contributed by atoms with Gasteiger partial charge in [-0.1, -0.05) is 30.3 Å². The zero-order valence-electron chi connectivity index (χ0n) is 14.5. The first kappa shape index (κ1) is 17.2. The van der Waals surface area contributed by atoms with Gasteiger partial charge in [0.1, 0.15) is 0 Å². The van der Waals surface area contributed by atoms with Crippen LogP contribution >= 0.6 is 7.60 Å². The molecule has 0 N–H and O–H groups in total. The first-order valence-corrected chi connectivity index (χ1v) is 10.0. The Morgan fingerprint density at radius 2 is 1.50 bits per heavy atom. The molecule has 0 fully saturated rings. The van der Waals surface area contributed by atoms with E-state index in [0.29, 0.717) is 22.4 Å². The van der Waals surface area contributed by atoms with Gasteiger partial charge in [-0.25, -0.2) is 0 Å². The van der Waals surface area contributed by atoms with Crippen LogP contribution in [0, 0.1) is 0 Å². The van der Waals surface area contributed by atoms with Gasteiger partial charge in [-0.05, 0) is 32.0 Å². The number of Topliss-reactive ketones (excluding diaryl/α,β-unsaturated/α-hetero) is 1. The van der Waals surface area contributed by atoms with Crippen LogP contribution in [0.4, 0.5) is 5.69 Å². The number of benzene rings is 2. The van der Waals surface area contributed by atoms with E-state index in [4.69, 9.17) is 9.05 Å². The van der Waals surface area contributed by atoms with Gasteiger partial charge in [-0.15, -0.1) is 0 Å². The van der Waals surface area contributed by atoms with Gasteiger partial charge < -0.3 is 9.05 Å². The zero-order chi connectivity index (χ0) is 18.5. The van der Waals surface area contributed by atoms with Crippen molar-refractivity contribution in [2.24, 2.45) is 0 Å². The maximum absolute atomic E-state index is 13.9. The van der Waals surface area contributed by atoms with Gasteiger partial charge in [-0.2, -0.15) is 0 Å². The third kappa shape index (κ3) is 1.87. The first-order chi connectivity index (χ1) is 12.5. The summed E-state index contributed by atoms with van der Waals surface area (Å²) in [7, 11) is -4.04. The van der Waals surface area contributed by atoms with Crippen LogP contribution in [0.3, 0.4) is 0 Å². The SMILES string of the molecule is CCOP(=O)(OCC)C12C(=O)c3ccccc3N1C(=O)c1ccccc12. The van der Waals surface area contributed by atoms with Crippen molar-refractivity contribution < 1.29 is 23.2 Å². The van der Waals surface area contributed by atoms with Crippen molar-refractivity contribution in [2.45, 2.75) is 19.1 Å². The molecular formula is C19H18NO5P. The van der Waals surface area contributed by atoms with Crippen molar-refractivity contribution in [3.05, 3.63) is 65.2 Å². The highest BCUT2D eigenvalue weighted by Crippen LogP contribution is 2.72. The second kappa shape index (κ2) is 5.88. The molecule has 0 radical (unpaired) electrons. The molecule has 1 unspecified atom stereocenters. The van der Waals surface area contributed by atoms with Crippen molar-refractivity contribution in [2.75, 3.05) is 18.1 Å². The molecule has 2 aliphatic rings. The number of hydrogen-bond donors (Lipinski definition) is 0. The van der Waals surface area contributed by atoms with E-state index in [0.717, 1.165) is 0 Å². The topological polar surface area (TPSA) is 72.9 Å². The highest BCUT2D eigenvalue weighted by Gasteiger charge is 2.71. The lowest BCUT2D eigenvalue weighted by Crippen LogP contribution is -2.45. The lowest BCUT2D eigenvalue weighted by molar-refractivity contribution is 0.0879. The second-order valence-corrected chi connectivity index (χ2v) is 8.20. The fraction of sp³-hybridized carbons (Fsp3) is 0.263. The molecule has 26 heavy (non-hydrogen) atoms. The van der Waals surface area contributed by atoms with Crippen LogP contribution in [0.1, 0.15) is 40.1 Å². The van der Waals surface area contributed by atoms with Crippen LogP contribution < -0.4 is 4.90 Å². The van der Waals surface area contributed by atoms with Crippen LogP contribution in [-0.2, 0) is 18.9 Å². The third-order valence-electron chi connectivity index (χ3n) is 4.76. The molecule has 134 valence electrons. The molecule has 2 heterocycles. The molecule has 1 atom stereocenters. The van der Waals surface area contributed by atoms with Gasteiger partial charge in [-0.3, -0.25) is 19.1 Å². The highest BCUT2D eigenvalue weighted by atomic mass is 31.2.